The van der Waals surface area contributed by atoms with Crippen molar-refractivity contribution in [3.63, 3.8) is 0 Å². The molecule has 1 aromatic carbocycles. The van der Waals surface area contributed by atoms with E-state index in [1.807, 2.05) is 0 Å². The minimum absolute atomic E-state index is 0.0402. The number of hydrogen-bond donors (Lipinski definition) is 1. The van der Waals surface area contributed by atoms with Gasteiger partial charge in [-0.3, -0.25) is 4.18 Å². The Morgan fingerprint density at radius 2 is 1.89 bits per heavy atom. The Morgan fingerprint density at radius 3 is 2.37 bits per heavy atom. The van der Waals surface area contributed by atoms with E-state index in [-0.39, 0.29) is 16.4 Å². The van der Waals surface area contributed by atoms with Crippen LogP contribution in [0, 0.1) is 0 Å². The molecule has 0 aliphatic carbocycles. The van der Waals surface area contributed by atoms with Gasteiger partial charge < -0.3 is 14.6 Å². The van der Waals surface area contributed by atoms with Crippen LogP contribution in [0.4, 0.5) is 0 Å². The van der Waals surface area contributed by atoms with E-state index in [0.29, 0.717) is 0 Å². The number of carboxylic acids is 1. The van der Waals surface area contributed by atoms with Crippen LogP contribution in [0.1, 0.15) is 6.92 Å². The molecule has 0 aromatic heterocycles. The standard InChI is InChI=1S/C11H14O7S/c1-7(11(12)13)18-19(14,15)10-6-8(16-2)4-5-9(10)17-3/h4-7H,1-3H3,(H,12,13)/t7-/m0/s1. The van der Waals surface area contributed by atoms with E-state index >= 15 is 0 Å². The first-order chi connectivity index (χ1) is 8.81. The van der Waals surface area contributed by atoms with Crippen molar-refractivity contribution in [2.75, 3.05) is 14.2 Å². The second-order valence-electron chi connectivity index (χ2n) is 3.55. The summed E-state index contributed by atoms with van der Waals surface area (Å²) < 4.78 is 38.3. The first-order valence-electron chi connectivity index (χ1n) is 5.20. The van der Waals surface area contributed by atoms with Gasteiger partial charge in [-0.15, -0.1) is 0 Å². The number of carbonyl (C=O) groups is 1. The van der Waals surface area contributed by atoms with Crippen LogP contribution in [0.25, 0.3) is 0 Å². The van der Waals surface area contributed by atoms with Crippen molar-refractivity contribution < 1.29 is 32.0 Å². The summed E-state index contributed by atoms with van der Waals surface area (Å²) in [6.07, 6.45) is -1.50. The molecule has 0 spiro atoms. The second kappa shape index (κ2) is 5.89. The summed E-state index contributed by atoms with van der Waals surface area (Å²) in [5.41, 5.74) is 0. The number of carboxylic acid groups (broad SMARTS) is 1. The highest BCUT2D eigenvalue weighted by atomic mass is 32.2. The molecule has 8 heteroatoms. The van der Waals surface area contributed by atoms with Crippen molar-refractivity contribution >= 4 is 16.1 Å². The van der Waals surface area contributed by atoms with Crippen LogP contribution in [0.15, 0.2) is 23.1 Å². The van der Waals surface area contributed by atoms with Crippen molar-refractivity contribution in [2.24, 2.45) is 0 Å². The number of aliphatic carboxylic acids is 1. The molecule has 7 nitrogen and oxygen atoms in total. The maximum atomic E-state index is 12.0. The van der Waals surface area contributed by atoms with Crippen molar-refractivity contribution in [3.8, 4) is 11.5 Å². The van der Waals surface area contributed by atoms with Gasteiger partial charge in [0.1, 0.15) is 16.4 Å². The Morgan fingerprint density at radius 1 is 1.26 bits per heavy atom. The van der Waals surface area contributed by atoms with Crippen molar-refractivity contribution in [2.45, 2.75) is 17.9 Å². The minimum atomic E-state index is -4.27. The molecule has 1 rings (SSSR count). The maximum absolute atomic E-state index is 12.0. The number of benzene rings is 1. The van der Waals surface area contributed by atoms with Gasteiger partial charge in [0, 0.05) is 6.07 Å². The Bertz CT molecular complexity index is 564. The van der Waals surface area contributed by atoms with Gasteiger partial charge in [-0.25, -0.2) is 4.79 Å². The molecule has 0 saturated carbocycles. The number of hydrogen-bond acceptors (Lipinski definition) is 6. The molecule has 1 aromatic rings. The number of ether oxygens (including phenoxy) is 2. The third-order valence-electron chi connectivity index (χ3n) is 2.26. The van der Waals surface area contributed by atoms with Crippen LogP contribution in [-0.4, -0.2) is 39.8 Å². The van der Waals surface area contributed by atoms with Crippen molar-refractivity contribution in [3.05, 3.63) is 18.2 Å². The Kier molecular flexibility index (Phi) is 4.73. The lowest BCUT2D eigenvalue weighted by molar-refractivity contribution is -0.144. The van der Waals surface area contributed by atoms with Crippen LogP contribution in [0.3, 0.4) is 0 Å². The molecule has 1 atom stereocenters. The van der Waals surface area contributed by atoms with E-state index in [1.54, 1.807) is 0 Å². The molecule has 0 aliphatic rings. The lowest BCUT2D eigenvalue weighted by atomic mass is 10.3. The third kappa shape index (κ3) is 3.58. The van der Waals surface area contributed by atoms with E-state index in [9.17, 15) is 13.2 Å². The highest BCUT2D eigenvalue weighted by molar-refractivity contribution is 7.87. The van der Waals surface area contributed by atoms with Gasteiger partial charge in [0.25, 0.3) is 0 Å². The lowest BCUT2D eigenvalue weighted by Crippen LogP contribution is -2.24. The summed E-state index contributed by atoms with van der Waals surface area (Å²) >= 11 is 0. The average molecular weight is 290 g/mol. The van der Waals surface area contributed by atoms with Crippen LogP contribution in [0.2, 0.25) is 0 Å². The van der Waals surface area contributed by atoms with Gasteiger partial charge in [0.2, 0.25) is 0 Å². The molecule has 106 valence electrons. The maximum Gasteiger partial charge on any atom is 0.334 e. The molecule has 0 aliphatic heterocycles. The summed E-state index contributed by atoms with van der Waals surface area (Å²) in [5.74, 6) is -1.06. The van der Waals surface area contributed by atoms with Gasteiger partial charge in [-0.05, 0) is 19.1 Å². The SMILES string of the molecule is COc1ccc(OC)c(S(=O)(=O)O[C@@H](C)C(=O)O)c1. The van der Waals surface area contributed by atoms with Gasteiger partial charge in [0.05, 0.1) is 14.2 Å². The smallest absolute Gasteiger partial charge is 0.334 e. The highest BCUT2D eigenvalue weighted by Crippen LogP contribution is 2.29. The van der Waals surface area contributed by atoms with E-state index in [0.717, 1.165) is 6.92 Å². The van der Waals surface area contributed by atoms with E-state index in [2.05, 4.69) is 4.18 Å². The van der Waals surface area contributed by atoms with Crippen LogP contribution in [0.5, 0.6) is 11.5 Å². The lowest BCUT2D eigenvalue weighted by Gasteiger charge is -2.13. The summed E-state index contributed by atoms with van der Waals surface area (Å²) in [7, 11) is -1.60. The molecule has 1 N–H and O–H groups in total. The minimum Gasteiger partial charge on any atom is -0.497 e. The van der Waals surface area contributed by atoms with Gasteiger partial charge in [0.15, 0.2) is 6.10 Å². The first kappa shape index (κ1) is 15.3. The zero-order chi connectivity index (χ0) is 14.6. The topological polar surface area (TPSA) is 99.1 Å². The average Bonchev–Trinajstić information content (AvgIpc) is 2.37. The monoisotopic (exact) mass is 290 g/mol. The fraction of sp³-hybridized carbons (Fsp3) is 0.364. The molecule has 19 heavy (non-hydrogen) atoms. The van der Waals surface area contributed by atoms with Crippen LogP contribution >= 0.6 is 0 Å². The first-order valence-corrected chi connectivity index (χ1v) is 6.60. The molecular weight excluding hydrogens is 276 g/mol. The predicted octanol–water partition coefficient (Wildman–Crippen LogP) is 0.882. The Balaban J connectivity index is 3.22. The van der Waals surface area contributed by atoms with E-state index < -0.39 is 22.2 Å². The zero-order valence-electron chi connectivity index (χ0n) is 10.6. The summed E-state index contributed by atoms with van der Waals surface area (Å²) in [5, 5.41) is 8.67. The fourth-order valence-corrected chi connectivity index (χ4v) is 2.49. The van der Waals surface area contributed by atoms with Crippen LogP contribution in [-0.2, 0) is 19.1 Å². The van der Waals surface area contributed by atoms with Crippen molar-refractivity contribution in [1.29, 1.82) is 0 Å². The van der Waals surface area contributed by atoms with Crippen molar-refractivity contribution in [1.82, 2.24) is 0 Å². The molecule has 0 amide bonds. The second-order valence-corrected chi connectivity index (χ2v) is 5.09. The third-order valence-corrected chi connectivity index (χ3v) is 3.66. The number of rotatable bonds is 6. The zero-order valence-corrected chi connectivity index (χ0v) is 11.4. The Hall–Kier alpha value is -1.80. The van der Waals surface area contributed by atoms with Gasteiger partial charge in [-0.1, -0.05) is 0 Å². The normalized spacial score (nSPS) is 12.8. The molecule has 0 bridgehead atoms. The fourth-order valence-electron chi connectivity index (χ4n) is 1.26. The van der Waals surface area contributed by atoms with Gasteiger partial charge >= 0.3 is 16.1 Å². The van der Waals surface area contributed by atoms with Gasteiger partial charge in [-0.2, -0.15) is 8.42 Å². The van der Waals surface area contributed by atoms with E-state index in [1.165, 1.54) is 32.4 Å². The molecule has 0 fully saturated rings. The molecule has 0 unspecified atom stereocenters. The van der Waals surface area contributed by atoms with E-state index in [4.69, 9.17) is 14.6 Å². The van der Waals surface area contributed by atoms with Crippen LogP contribution < -0.4 is 9.47 Å². The summed E-state index contributed by atoms with van der Waals surface area (Å²) in [6, 6.07) is 4.10. The molecule has 0 heterocycles. The largest absolute Gasteiger partial charge is 0.497 e. The number of methoxy groups -OCH3 is 2. The molecule has 0 saturated heterocycles. The molecular formula is C11H14O7S. The summed E-state index contributed by atoms with van der Waals surface area (Å²) in [4.78, 5) is 10.4. The summed E-state index contributed by atoms with van der Waals surface area (Å²) in [6.45, 7) is 1.12. The predicted molar refractivity (Wildman–Crippen MR) is 64.9 cm³/mol. The molecule has 0 radical (unpaired) electrons. The Labute approximate surface area is 110 Å². The highest BCUT2D eigenvalue weighted by Gasteiger charge is 2.27. The quantitative estimate of drug-likeness (QED) is 0.776.